The zero-order chi connectivity index (χ0) is 18.5. The van der Waals surface area contributed by atoms with Gasteiger partial charge in [0.15, 0.2) is 0 Å². The lowest BCUT2D eigenvalue weighted by Gasteiger charge is -2.25. The number of hydrogen-bond donors (Lipinski definition) is 0. The summed E-state index contributed by atoms with van der Waals surface area (Å²) >= 11 is 0. The number of aryl methyl sites for hydroxylation is 2. The minimum atomic E-state index is -0.188. The van der Waals surface area contributed by atoms with Crippen LogP contribution >= 0.6 is 0 Å². The lowest BCUT2D eigenvalue weighted by Crippen LogP contribution is -2.31. The maximum absolute atomic E-state index is 13.2. The van der Waals surface area contributed by atoms with E-state index in [2.05, 4.69) is 30.4 Å². The molecular weight excluding hydrogens is 329 g/mol. The van der Waals surface area contributed by atoms with Crippen LogP contribution < -0.4 is 0 Å². The zero-order valence-corrected chi connectivity index (χ0v) is 16.2. The van der Waals surface area contributed by atoms with E-state index in [4.69, 9.17) is 9.84 Å². The molecule has 2 heterocycles. The Bertz CT molecular complexity index is 705. The van der Waals surface area contributed by atoms with Gasteiger partial charge in [0.25, 0.3) is 0 Å². The van der Waals surface area contributed by atoms with E-state index in [0.29, 0.717) is 6.10 Å². The number of hydrogen-bond acceptors (Lipinski definition) is 3. The molecule has 0 N–H and O–H groups in total. The van der Waals surface area contributed by atoms with Gasteiger partial charge in [0.1, 0.15) is 5.82 Å². The highest BCUT2D eigenvalue weighted by Crippen LogP contribution is 2.21. The highest BCUT2D eigenvalue weighted by Gasteiger charge is 2.22. The Hall–Kier alpha value is -1.72. The van der Waals surface area contributed by atoms with Crippen LogP contribution in [0, 0.1) is 19.7 Å². The van der Waals surface area contributed by atoms with Gasteiger partial charge >= 0.3 is 0 Å². The first-order chi connectivity index (χ1) is 12.6. The predicted molar refractivity (Wildman–Crippen MR) is 101 cm³/mol. The number of halogens is 1. The van der Waals surface area contributed by atoms with Crippen molar-refractivity contribution >= 4 is 0 Å². The molecule has 142 valence electrons. The van der Waals surface area contributed by atoms with E-state index in [1.165, 1.54) is 23.4 Å². The van der Waals surface area contributed by atoms with Crippen molar-refractivity contribution in [2.75, 3.05) is 13.2 Å². The number of ether oxygens (including phenoxy) is 1. The molecule has 4 nitrogen and oxygen atoms in total. The molecule has 0 aliphatic carbocycles. The second kappa shape index (κ2) is 8.78. The Morgan fingerprint density at radius 2 is 2.00 bits per heavy atom. The Labute approximate surface area is 156 Å². The first-order valence-electron chi connectivity index (χ1n) is 9.68. The molecule has 5 heteroatoms. The van der Waals surface area contributed by atoms with E-state index >= 15 is 0 Å². The normalized spacial score (nSPS) is 17.3. The van der Waals surface area contributed by atoms with Gasteiger partial charge in [-0.25, -0.2) is 4.39 Å². The summed E-state index contributed by atoms with van der Waals surface area (Å²) in [6, 6.07) is 6.82. The van der Waals surface area contributed by atoms with E-state index in [0.717, 1.165) is 63.3 Å². The van der Waals surface area contributed by atoms with Gasteiger partial charge in [0, 0.05) is 44.0 Å². The average molecular weight is 359 g/mol. The van der Waals surface area contributed by atoms with Gasteiger partial charge in [0.05, 0.1) is 11.8 Å². The van der Waals surface area contributed by atoms with Crippen LogP contribution in [0.3, 0.4) is 0 Å². The molecule has 0 amide bonds. The van der Waals surface area contributed by atoms with Gasteiger partial charge in [-0.2, -0.15) is 5.10 Å². The predicted octanol–water partition coefficient (Wildman–Crippen LogP) is 4.23. The Balaban J connectivity index is 1.77. The van der Waals surface area contributed by atoms with Crippen molar-refractivity contribution in [2.24, 2.45) is 0 Å². The number of benzene rings is 1. The zero-order valence-electron chi connectivity index (χ0n) is 16.2. The van der Waals surface area contributed by atoms with Crippen LogP contribution in [0.4, 0.5) is 4.39 Å². The maximum Gasteiger partial charge on any atom is 0.123 e. The second-order valence-corrected chi connectivity index (χ2v) is 7.30. The monoisotopic (exact) mass is 359 g/mol. The fourth-order valence-electron chi connectivity index (χ4n) is 3.73. The van der Waals surface area contributed by atoms with Crippen molar-refractivity contribution in [3.05, 3.63) is 52.6 Å². The average Bonchev–Trinajstić information content (AvgIpc) is 3.21. The summed E-state index contributed by atoms with van der Waals surface area (Å²) in [6.07, 6.45) is 3.63. The fourth-order valence-corrected chi connectivity index (χ4v) is 3.73. The van der Waals surface area contributed by atoms with Crippen LogP contribution in [0.2, 0.25) is 0 Å². The smallest absolute Gasteiger partial charge is 0.123 e. The topological polar surface area (TPSA) is 30.3 Å². The molecule has 0 radical (unpaired) electrons. The van der Waals surface area contributed by atoms with Gasteiger partial charge in [0.2, 0.25) is 0 Å². The summed E-state index contributed by atoms with van der Waals surface area (Å²) < 4.78 is 21.2. The molecule has 0 spiro atoms. The van der Waals surface area contributed by atoms with Gasteiger partial charge in [-0.1, -0.05) is 19.1 Å². The molecule has 1 aliphatic rings. The minimum Gasteiger partial charge on any atom is -0.377 e. The highest BCUT2D eigenvalue weighted by atomic mass is 19.1. The Morgan fingerprint density at radius 3 is 2.65 bits per heavy atom. The molecule has 0 bridgehead atoms. The SMILES string of the molecule is CCCn1nc(C)c(CN(Cc2ccc(F)cc2)CC2CCCO2)c1C. The largest absolute Gasteiger partial charge is 0.377 e. The summed E-state index contributed by atoms with van der Waals surface area (Å²) in [5.74, 6) is -0.188. The number of nitrogens with zero attached hydrogens (tertiary/aromatic N) is 3. The van der Waals surface area contributed by atoms with E-state index in [-0.39, 0.29) is 5.82 Å². The van der Waals surface area contributed by atoms with Crippen LogP contribution in [0.15, 0.2) is 24.3 Å². The van der Waals surface area contributed by atoms with E-state index in [9.17, 15) is 4.39 Å². The van der Waals surface area contributed by atoms with Crippen molar-refractivity contribution in [2.45, 2.75) is 65.8 Å². The highest BCUT2D eigenvalue weighted by molar-refractivity contribution is 5.25. The van der Waals surface area contributed by atoms with Crippen molar-refractivity contribution in [1.29, 1.82) is 0 Å². The number of rotatable bonds is 8. The third-order valence-corrected chi connectivity index (χ3v) is 5.15. The third-order valence-electron chi connectivity index (χ3n) is 5.15. The molecule has 1 aliphatic heterocycles. The molecule has 0 saturated carbocycles. The molecule has 1 saturated heterocycles. The molecule has 2 aromatic rings. The molecule has 1 fully saturated rings. The molecule has 1 aromatic heterocycles. The van der Waals surface area contributed by atoms with Crippen molar-refractivity contribution < 1.29 is 9.13 Å². The minimum absolute atomic E-state index is 0.188. The second-order valence-electron chi connectivity index (χ2n) is 7.30. The van der Waals surface area contributed by atoms with E-state index in [1.807, 2.05) is 12.1 Å². The van der Waals surface area contributed by atoms with Crippen LogP contribution in [-0.4, -0.2) is 33.9 Å². The summed E-state index contributed by atoms with van der Waals surface area (Å²) in [5.41, 5.74) is 4.78. The molecular formula is C21H30FN3O. The lowest BCUT2D eigenvalue weighted by atomic mass is 10.1. The molecule has 3 rings (SSSR count). The van der Waals surface area contributed by atoms with Crippen molar-refractivity contribution in [3.8, 4) is 0 Å². The summed E-state index contributed by atoms with van der Waals surface area (Å²) in [6.45, 7) is 10.8. The summed E-state index contributed by atoms with van der Waals surface area (Å²) in [7, 11) is 0. The lowest BCUT2D eigenvalue weighted by molar-refractivity contribution is 0.0677. The maximum atomic E-state index is 13.2. The van der Waals surface area contributed by atoms with Gasteiger partial charge in [-0.3, -0.25) is 9.58 Å². The molecule has 26 heavy (non-hydrogen) atoms. The van der Waals surface area contributed by atoms with Crippen LogP contribution in [0.1, 0.15) is 48.7 Å². The van der Waals surface area contributed by atoms with Gasteiger partial charge in [-0.15, -0.1) is 0 Å². The summed E-state index contributed by atoms with van der Waals surface area (Å²) in [4.78, 5) is 2.41. The first kappa shape index (κ1) is 19.1. The Morgan fingerprint density at radius 1 is 1.23 bits per heavy atom. The first-order valence-corrected chi connectivity index (χ1v) is 9.68. The van der Waals surface area contributed by atoms with Crippen LogP contribution in [0.5, 0.6) is 0 Å². The Kier molecular flexibility index (Phi) is 6.43. The quantitative estimate of drug-likeness (QED) is 0.706. The fraction of sp³-hybridized carbons (Fsp3) is 0.571. The van der Waals surface area contributed by atoms with Crippen LogP contribution in [-0.2, 0) is 24.4 Å². The molecule has 1 atom stereocenters. The molecule has 1 unspecified atom stereocenters. The molecule has 1 aromatic carbocycles. The standard InChI is InChI=1S/C21H30FN3O/c1-4-11-25-17(3)21(16(2)23-25)15-24(14-20-6-5-12-26-20)13-18-7-9-19(22)10-8-18/h7-10,20H,4-6,11-15H2,1-3H3. The summed E-state index contributed by atoms with van der Waals surface area (Å²) in [5, 5.41) is 4.71. The number of aromatic nitrogens is 2. The van der Waals surface area contributed by atoms with Gasteiger partial charge in [-0.05, 0) is 50.8 Å². The van der Waals surface area contributed by atoms with E-state index < -0.39 is 0 Å². The third kappa shape index (κ3) is 4.71. The van der Waals surface area contributed by atoms with Crippen molar-refractivity contribution in [1.82, 2.24) is 14.7 Å². The van der Waals surface area contributed by atoms with Crippen molar-refractivity contribution in [3.63, 3.8) is 0 Å². The van der Waals surface area contributed by atoms with Crippen LogP contribution in [0.25, 0.3) is 0 Å². The van der Waals surface area contributed by atoms with E-state index in [1.54, 1.807) is 0 Å². The van der Waals surface area contributed by atoms with Gasteiger partial charge < -0.3 is 4.74 Å².